The summed E-state index contributed by atoms with van der Waals surface area (Å²) in [6.07, 6.45) is 0. The molecule has 1 radical (unpaired) electrons. The Balaban J connectivity index is 2.96. The van der Waals surface area contributed by atoms with Gasteiger partial charge in [0, 0.05) is 16.1 Å². The van der Waals surface area contributed by atoms with Crippen molar-refractivity contribution in [1.29, 1.82) is 0 Å². The average Bonchev–Trinajstić information content (AvgIpc) is 2.08. The molecule has 0 heterocycles. The molecule has 1 nitrogen and oxygen atoms in total. The van der Waals surface area contributed by atoms with Crippen molar-refractivity contribution in [3.05, 3.63) is 40.1 Å². The number of halogens is 2. The van der Waals surface area contributed by atoms with Gasteiger partial charge in [0.1, 0.15) is 5.82 Å². The molecule has 1 rings (SSSR count). The smallest absolute Gasteiger partial charge is 0.136 e. The van der Waals surface area contributed by atoms with E-state index in [2.05, 4.69) is 6.92 Å². The second kappa shape index (κ2) is 4.18. The van der Waals surface area contributed by atoms with E-state index >= 15 is 0 Å². The molecule has 0 aliphatic carbocycles. The van der Waals surface area contributed by atoms with Gasteiger partial charge in [0.05, 0.1) is 0 Å². The topological polar surface area (TPSA) is 20.2 Å². The lowest BCUT2D eigenvalue weighted by molar-refractivity contribution is 0.282. The Morgan fingerprint density at radius 1 is 1.58 bits per heavy atom. The number of aliphatic hydroxyl groups is 1. The summed E-state index contributed by atoms with van der Waals surface area (Å²) in [6, 6.07) is 4.87. The van der Waals surface area contributed by atoms with Crippen LogP contribution in [0.3, 0.4) is 0 Å². The summed E-state index contributed by atoms with van der Waals surface area (Å²) in [5, 5.41) is 8.76. The van der Waals surface area contributed by atoms with Gasteiger partial charge in [0.2, 0.25) is 0 Å². The summed E-state index contributed by atoms with van der Waals surface area (Å²) in [5.41, 5.74) is 0.732. The third kappa shape index (κ3) is 2.17. The molecule has 0 amide bonds. The maximum absolute atomic E-state index is 13.0. The minimum atomic E-state index is -0.254. The van der Waals surface area contributed by atoms with Gasteiger partial charge in [-0.1, -0.05) is 6.07 Å². The van der Waals surface area contributed by atoms with Gasteiger partial charge in [-0.2, -0.15) is 0 Å². The fourth-order valence-corrected chi connectivity index (χ4v) is 1.21. The first kappa shape index (κ1) is 9.92. The molecule has 0 aliphatic rings. The molecule has 0 fully saturated rings. The van der Waals surface area contributed by atoms with Crippen molar-refractivity contribution in [2.24, 2.45) is 0 Å². The van der Waals surface area contributed by atoms with Crippen molar-refractivity contribution >= 4 is 22.6 Å². The summed E-state index contributed by atoms with van der Waals surface area (Å²) in [4.78, 5) is 0. The lowest BCUT2D eigenvalue weighted by Crippen LogP contribution is -2.00. The average molecular weight is 279 g/mol. The molecule has 12 heavy (non-hydrogen) atoms. The Bertz CT molecular complexity index is 275. The number of hydrogen-bond donors (Lipinski definition) is 1. The van der Waals surface area contributed by atoms with Gasteiger partial charge in [0.25, 0.3) is 0 Å². The van der Waals surface area contributed by atoms with Crippen molar-refractivity contribution in [1.82, 2.24) is 0 Å². The maximum atomic E-state index is 13.0. The number of hydrogen-bond acceptors (Lipinski definition) is 1. The van der Waals surface area contributed by atoms with Crippen molar-refractivity contribution in [3.63, 3.8) is 0 Å². The van der Waals surface area contributed by atoms with Gasteiger partial charge >= 0.3 is 0 Å². The molecule has 0 bridgehead atoms. The quantitative estimate of drug-likeness (QED) is 0.824. The molecule has 1 aromatic rings. The summed E-state index contributed by atoms with van der Waals surface area (Å²) in [5.74, 6) is -0.494. The Labute approximate surface area is 84.7 Å². The molecule has 0 aliphatic heterocycles. The summed E-state index contributed by atoms with van der Waals surface area (Å²) in [6.45, 7) is 3.62. The van der Waals surface area contributed by atoms with Crippen LogP contribution in [0.25, 0.3) is 0 Å². The largest absolute Gasteiger partial charge is 0.396 e. The third-order valence-corrected chi connectivity index (χ3v) is 2.51. The normalized spacial score (nSPS) is 13.0. The first-order valence-corrected chi connectivity index (χ1v) is 4.62. The first-order chi connectivity index (χ1) is 5.65. The van der Waals surface area contributed by atoms with Crippen LogP contribution < -0.4 is 0 Å². The maximum Gasteiger partial charge on any atom is 0.136 e. The van der Waals surface area contributed by atoms with Gasteiger partial charge in [-0.15, -0.1) is 0 Å². The highest BCUT2D eigenvalue weighted by Gasteiger charge is 2.06. The lowest BCUT2D eigenvalue weighted by Gasteiger charge is -2.07. The summed E-state index contributed by atoms with van der Waals surface area (Å²) >= 11 is 1.92. The molecule has 0 aromatic heterocycles. The first-order valence-electron chi connectivity index (χ1n) is 3.54. The van der Waals surface area contributed by atoms with Crippen LogP contribution in [0.1, 0.15) is 11.5 Å². The summed E-state index contributed by atoms with van der Waals surface area (Å²) in [7, 11) is 0. The van der Waals surface area contributed by atoms with Gasteiger partial charge < -0.3 is 5.11 Å². The molecule has 1 unspecified atom stereocenters. The SMILES string of the molecule is [CH2]C(CO)c1ccc(I)c(F)c1. The van der Waals surface area contributed by atoms with E-state index in [1.54, 1.807) is 12.1 Å². The zero-order chi connectivity index (χ0) is 9.14. The van der Waals surface area contributed by atoms with Gasteiger partial charge in [0.15, 0.2) is 0 Å². The second-order valence-electron chi connectivity index (χ2n) is 2.55. The Morgan fingerprint density at radius 3 is 2.75 bits per heavy atom. The molecule has 1 aromatic carbocycles. The van der Waals surface area contributed by atoms with E-state index in [1.807, 2.05) is 22.6 Å². The zero-order valence-electron chi connectivity index (χ0n) is 6.43. The van der Waals surface area contributed by atoms with Crippen molar-refractivity contribution in [2.75, 3.05) is 6.61 Å². The van der Waals surface area contributed by atoms with E-state index in [9.17, 15) is 4.39 Å². The summed E-state index contributed by atoms with van der Waals surface area (Å²) < 4.78 is 13.5. The predicted octanol–water partition coefficient (Wildman–Crippen LogP) is 2.34. The van der Waals surface area contributed by atoms with Crippen LogP contribution in [-0.4, -0.2) is 11.7 Å². The van der Waals surface area contributed by atoms with E-state index in [4.69, 9.17) is 5.11 Å². The predicted molar refractivity (Wildman–Crippen MR) is 54.3 cm³/mol. The third-order valence-electron chi connectivity index (χ3n) is 1.64. The molecule has 1 N–H and O–H groups in total. The van der Waals surface area contributed by atoms with Crippen LogP contribution >= 0.6 is 22.6 Å². The standard InChI is InChI=1S/C9H9FIO/c1-6(5-12)7-2-3-9(11)8(10)4-7/h2-4,6,12H,1,5H2. The van der Waals surface area contributed by atoms with Crippen LogP contribution in [0.2, 0.25) is 0 Å². The fourth-order valence-electron chi connectivity index (χ4n) is 0.872. The van der Waals surface area contributed by atoms with E-state index in [0.717, 1.165) is 5.56 Å². The molecule has 0 saturated heterocycles. The molecule has 0 spiro atoms. The number of rotatable bonds is 2. The molecule has 0 saturated carbocycles. The van der Waals surface area contributed by atoms with E-state index in [0.29, 0.717) is 3.57 Å². The van der Waals surface area contributed by atoms with Crippen molar-refractivity contribution < 1.29 is 9.50 Å². The molecule has 65 valence electrons. The van der Waals surface area contributed by atoms with Gasteiger partial charge in [-0.3, -0.25) is 0 Å². The van der Waals surface area contributed by atoms with Gasteiger partial charge in [-0.05, 0) is 47.2 Å². The van der Waals surface area contributed by atoms with E-state index in [-0.39, 0.29) is 18.3 Å². The highest BCUT2D eigenvalue weighted by Crippen LogP contribution is 2.18. The Hall–Kier alpha value is -0.160. The number of aliphatic hydroxyl groups excluding tert-OH is 1. The monoisotopic (exact) mass is 279 g/mol. The van der Waals surface area contributed by atoms with Gasteiger partial charge in [-0.25, -0.2) is 4.39 Å². The minimum Gasteiger partial charge on any atom is -0.396 e. The molecule has 1 atom stereocenters. The fraction of sp³-hybridized carbons (Fsp3) is 0.222. The van der Waals surface area contributed by atoms with Crippen LogP contribution in [-0.2, 0) is 0 Å². The molecular formula is C9H9FIO. The van der Waals surface area contributed by atoms with Crippen molar-refractivity contribution in [3.8, 4) is 0 Å². The molecular weight excluding hydrogens is 270 g/mol. The van der Waals surface area contributed by atoms with E-state index < -0.39 is 0 Å². The lowest BCUT2D eigenvalue weighted by atomic mass is 10.0. The Morgan fingerprint density at radius 2 is 2.25 bits per heavy atom. The highest BCUT2D eigenvalue weighted by atomic mass is 127. The highest BCUT2D eigenvalue weighted by molar-refractivity contribution is 14.1. The van der Waals surface area contributed by atoms with Crippen LogP contribution in [0, 0.1) is 16.3 Å². The van der Waals surface area contributed by atoms with Crippen molar-refractivity contribution in [2.45, 2.75) is 5.92 Å². The second-order valence-corrected chi connectivity index (χ2v) is 3.72. The molecule has 3 heteroatoms. The van der Waals surface area contributed by atoms with Crippen LogP contribution in [0.5, 0.6) is 0 Å². The van der Waals surface area contributed by atoms with Crippen LogP contribution in [0.4, 0.5) is 4.39 Å². The zero-order valence-corrected chi connectivity index (χ0v) is 8.58. The number of benzene rings is 1. The van der Waals surface area contributed by atoms with Crippen LogP contribution in [0.15, 0.2) is 18.2 Å². The minimum absolute atomic E-state index is 0.0555. The van der Waals surface area contributed by atoms with E-state index in [1.165, 1.54) is 6.07 Å². The Kier molecular flexibility index (Phi) is 3.46.